The molecule has 1 atom stereocenters. The number of hydrogen-bond acceptors (Lipinski definition) is 3. The lowest BCUT2D eigenvalue weighted by atomic mass is 10.1. The van der Waals surface area contributed by atoms with E-state index >= 15 is 0 Å². The first-order valence-corrected chi connectivity index (χ1v) is 9.55. The molecule has 1 aliphatic heterocycles. The fourth-order valence-electron chi connectivity index (χ4n) is 3.45. The van der Waals surface area contributed by atoms with Crippen molar-refractivity contribution in [2.24, 2.45) is 0 Å². The van der Waals surface area contributed by atoms with Crippen LogP contribution in [0.3, 0.4) is 0 Å². The lowest BCUT2D eigenvalue weighted by Gasteiger charge is -2.25. The molecule has 4 heteroatoms. The Balaban J connectivity index is 1.33. The number of rotatable bonds is 10. The molecule has 0 aliphatic carbocycles. The molecule has 1 unspecified atom stereocenters. The Bertz CT molecular complexity index is 660. The van der Waals surface area contributed by atoms with Crippen LogP contribution in [0.15, 0.2) is 60.7 Å². The molecule has 1 N–H and O–H groups in total. The van der Waals surface area contributed by atoms with Gasteiger partial charge in [-0.3, -0.25) is 4.79 Å². The van der Waals surface area contributed by atoms with Gasteiger partial charge in [0.2, 0.25) is 5.91 Å². The highest BCUT2D eigenvalue weighted by atomic mass is 16.5. The average molecular weight is 352 g/mol. The van der Waals surface area contributed by atoms with Crippen molar-refractivity contribution in [2.45, 2.75) is 31.7 Å². The second-order valence-corrected chi connectivity index (χ2v) is 6.72. The topological polar surface area (TPSA) is 41.6 Å². The minimum absolute atomic E-state index is 0.304. The van der Waals surface area contributed by atoms with E-state index in [9.17, 15) is 4.79 Å². The summed E-state index contributed by atoms with van der Waals surface area (Å²) in [5.41, 5.74) is 1.29. The third kappa shape index (κ3) is 5.60. The van der Waals surface area contributed by atoms with Gasteiger partial charge in [0, 0.05) is 25.6 Å². The van der Waals surface area contributed by atoms with E-state index in [1.807, 2.05) is 36.4 Å². The third-order valence-electron chi connectivity index (χ3n) is 4.88. The van der Waals surface area contributed by atoms with Gasteiger partial charge in [0.25, 0.3) is 0 Å². The lowest BCUT2D eigenvalue weighted by molar-refractivity contribution is -0.129. The first kappa shape index (κ1) is 18.5. The fraction of sp³-hybridized carbons (Fsp3) is 0.409. The highest BCUT2D eigenvalue weighted by Gasteiger charge is 2.29. The molecule has 138 valence electrons. The Morgan fingerprint density at radius 1 is 1.00 bits per heavy atom. The molecule has 0 radical (unpaired) electrons. The maximum atomic E-state index is 12.2. The van der Waals surface area contributed by atoms with Crippen LogP contribution in [0.5, 0.6) is 5.75 Å². The normalized spacial score (nSPS) is 16.8. The average Bonchev–Trinajstić information content (AvgIpc) is 3.04. The van der Waals surface area contributed by atoms with E-state index in [1.54, 1.807) is 0 Å². The van der Waals surface area contributed by atoms with Crippen LogP contribution in [0.4, 0.5) is 0 Å². The monoisotopic (exact) mass is 352 g/mol. The summed E-state index contributed by atoms with van der Waals surface area (Å²) in [6.45, 7) is 3.22. The van der Waals surface area contributed by atoms with Crippen molar-refractivity contribution in [3.05, 3.63) is 66.2 Å². The quantitative estimate of drug-likeness (QED) is 0.667. The van der Waals surface area contributed by atoms with E-state index in [1.165, 1.54) is 5.56 Å². The Hall–Kier alpha value is -2.33. The van der Waals surface area contributed by atoms with Gasteiger partial charge in [-0.05, 0) is 43.5 Å². The molecule has 1 amide bonds. The second-order valence-electron chi connectivity index (χ2n) is 6.72. The van der Waals surface area contributed by atoms with Gasteiger partial charge in [0.05, 0.1) is 0 Å². The summed E-state index contributed by atoms with van der Waals surface area (Å²) in [6.07, 6.45) is 3.61. The minimum atomic E-state index is 0.304. The molecule has 3 rings (SSSR count). The van der Waals surface area contributed by atoms with Crippen molar-refractivity contribution in [1.29, 1.82) is 0 Å². The van der Waals surface area contributed by atoms with Crippen LogP contribution < -0.4 is 10.1 Å². The number of carbonyl (C=O) groups is 1. The lowest BCUT2D eigenvalue weighted by Crippen LogP contribution is -2.37. The van der Waals surface area contributed by atoms with E-state index in [4.69, 9.17) is 4.74 Å². The Kier molecular flexibility index (Phi) is 7.08. The summed E-state index contributed by atoms with van der Waals surface area (Å²) >= 11 is 0. The first-order valence-electron chi connectivity index (χ1n) is 9.55. The summed E-state index contributed by atoms with van der Waals surface area (Å²) in [7, 11) is 0. The van der Waals surface area contributed by atoms with Gasteiger partial charge in [-0.2, -0.15) is 0 Å². The second kappa shape index (κ2) is 9.97. The number of ether oxygens (including phenoxy) is 1. The summed E-state index contributed by atoms with van der Waals surface area (Å²) in [4.78, 5) is 14.3. The predicted octanol–water partition coefficient (Wildman–Crippen LogP) is 3.28. The minimum Gasteiger partial charge on any atom is -0.492 e. The van der Waals surface area contributed by atoms with Crippen LogP contribution in [-0.4, -0.2) is 43.1 Å². The molecule has 2 aromatic rings. The third-order valence-corrected chi connectivity index (χ3v) is 4.88. The van der Waals surface area contributed by atoms with Gasteiger partial charge in [0.1, 0.15) is 12.4 Å². The summed E-state index contributed by atoms with van der Waals surface area (Å²) < 4.78 is 5.68. The van der Waals surface area contributed by atoms with Gasteiger partial charge in [-0.15, -0.1) is 0 Å². The van der Waals surface area contributed by atoms with E-state index in [2.05, 4.69) is 34.5 Å². The molecule has 0 spiro atoms. The fourth-order valence-corrected chi connectivity index (χ4v) is 3.45. The van der Waals surface area contributed by atoms with Gasteiger partial charge < -0.3 is 15.0 Å². The smallest absolute Gasteiger partial charge is 0.222 e. The predicted molar refractivity (Wildman–Crippen MR) is 104 cm³/mol. The van der Waals surface area contributed by atoms with E-state index in [0.29, 0.717) is 25.0 Å². The summed E-state index contributed by atoms with van der Waals surface area (Å²) in [5, 5.41) is 3.43. The number of carbonyl (C=O) groups excluding carboxylic acids is 1. The molecule has 1 fully saturated rings. The standard InChI is InChI=1S/C22H28N2O2/c25-22-12-11-20(24(22)17-14-19-7-3-1-4-8-19)13-15-23-16-18-26-21-9-5-2-6-10-21/h1-10,20,23H,11-18H2. The van der Waals surface area contributed by atoms with Crippen molar-refractivity contribution in [1.82, 2.24) is 10.2 Å². The number of nitrogens with zero attached hydrogens (tertiary/aromatic N) is 1. The van der Waals surface area contributed by atoms with Crippen molar-refractivity contribution in [3.8, 4) is 5.75 Å². The zero-order valence-electron chi connectivity index (χ0n) is 15.3. The largest absolute Gasteiger partial charge is 0.492 e. The molecular formula is C22H28N2O2. The van der Waals surface area contributed by atoms with E-state index < -0.39 is 0 Å². The van der Waals surface area contributed by atoms with Gasteiger partial charge >= 0.3 is 0 Å². The molecular weight excluding hydrogens is 324 g/mol. The molecule has 0 aromatic heterocycles. The first-order chi connectivity index (χ1) is 12.8. The van der Waals surface area contributed by atoms with Crippen molar-refractivity contribution < 1.29 is 9.53 Å². The van der Waals surface area contributed by atoms with Crippen LogP contribution >= 0.6 is 0 Å². The maximum Gasteiger partial charge on any atom is 0.222 e. The van der Waals surface area contributed by atoms with Crippen molar-refractivity contribution in [3.63, 3.8) is 0 Å². The zero-order valence-corrected chi connectivity index (χ0v) is 15.3. The number of nitrogens with one attached hydrogen (secondary N) is 1. The SMILES string of the molecule is O=C1CCC(CCNCCOc2ccccc2)N1CCc1ccccc1. The van der Waals surface area contributed by atoms with Gasteiger partial charge in [-0.25, -0.2) is 0 Å². The number of likely N-dealkylation sites (tertiary alicyclic amines) is 1. The molecule has 4 nitrogen and oxygen atoms in total. The van der Waals surface area contributed by atoms with Crippen molar-refractivity contribution in [2.75, 3.05) is 26.2 Å². The summed E-state index contributed by atoms with van der Waals surface area (Å²) in [6, 6.07) is 20.6. The molecule has 1 aliphatic rings. The summed E-state index contributed by atoms with van der Waals surface area (Å²) in [5.74, 6) is 1.21. The number of amides is 1. The molecule has 1 heterocycles. The van der Waals surface area contributed by atoms with Crippen LogP contribution in [0.25, 0.3) is 0 Å². The Morgan fingerprint density at radius 2 is 1.73 bits per heavy atom. The molecule has 0 saturated carbocycles. The van der Waals surface area contributed by atoms with Gasteiger partial charge in [0.15, 0.2) is 0 Å². The number of benzene rings is 2. The molecule has 1 saturated heterocycles. The van der Waals surface area contributed by atoms with E-state index in [0.717, 1.165) is 44.6 Å². The molecule has 0 bridgehead atoms. The highest BCUT2D eigenvalue weighted by Crippen LogP contribution is 2.21. The molecule has 26 heavy (non-hydrogen) atoms. The number of para-hydroxylation sites is 1. The van der Waals surface area contributed by atoms with Crippen LogP contribution in [0.1, 0.15) is 24.8 Å². The van der Waals surface area contributed by atoms with Crippen molar-refractivity contribution >= 4 is 5.91 Å². The Morgan fingerprint density at radius 3 is 2.50 bits per heavy atom. The van der Waals surface area contributed by atoms with Gasteiger partial charge in [-0.1, -0.05) is 48.5 Å². The molecule has 2 aromatic carbocycles. The zero-order chi connectivity index (χ0) is 18.0. The Labute approximate surface area is 156 Å². The van der Waals surface area contributed by atoms with E-state index in [-0.39, 0.29) is 0 Å². The van der Waals surface area contributed by atoms with Crippen LogP contribution in [0.2, 0.25) is 0 Å². The highest BCUT2D eigenvalue weighted by molar-refractivity contribution is 5.78. The van der Waals surface area contributed by atoms with Crippen LogP contribution in [-0.2, 0) is 11.2 Å². The van der Waals surface area contributed by atoms with Crippen LogP contribution in [0, 0.1) is 0 Å². The maximum absolute atomic E-state index is 12.2. The number of hydrogen-bond donors (Lipinski definition) is 1.